The Balaban J connectivity index is 5.42. The van der Waals surface area contributed by atoms with E-state index in [0.717, 1.165) is 0 Å². The van der Waals surface area contributed by atoms with Gasteiger partial charge in [-0.3, -0.25) is 24.0 Å². The molecule has 0 spiro atoms. The molecule has 0 heterocycles. The van der Waals surface area contributed by atoms with Crippen molar-refractivity contribution >= 4 is 35.6 Å². The first-order valence-electron chi connectivity index (χ1n) is 9.98. The maximum absolute atomic E-state index is 12.7. The molecular formula is C18H32N6O8. The Kier molecular flexibility index (Phi) is 13.2. The van der Waals surface area contributed by atoms with E-state index in [2.05, 4.69) is 16.0 Å². The van der Waals surface area contributed by atoms with Crippen molar-refractivity contribution in [3.8, 4) is 0 Å². The average Bonchev–Trinajstić information content (AvgIpc) is 2.68. The quantitative estimate of drug-likeness (QED) is 0.107. The van der Waals surface area contributed by atoms with Crippen LogP contribution in [0.3, 0.4) is 0 Å². The molecule has 0 aliphatic rings. The molecule has 4 amide bonds. The van der Waals surface area contributed by atoms with Gasteiger partial charge in [-0.25, -0.2) is 4.79 Å². The molecular weight excluding hydrogens is 428 g/mol. The highest BCUT2D eigenvalue weighted by Crippen LogP contribution is 2.05. The summed E-state index contributed by atoms with van der Waals surface area (Å²) in [5.74, 6) is -6.25. The van der Waals surface area contributed by atoms with Crippen LogP contribution in [0.1, 0.15) is 45.4 Å². The summed E-state index contributed by atoms with van der Waals surface area (Å²) in [5.41, 5.74) is 15.9. The summed E-state index contributed by atoms with van der Waals surface area (Å²) >= 11 is 0. The third kappa shape index (κ3) is 11.8. The molecule has 182 valence electrons. The lowest BCUT2D eigenvalue weighted by Gasteiger charge is -2.24. The molecule has 0 aliphatic carbocycles. The fourth-order valence-corrected chi connectivity index (χ4v) is 2.54. The van der Waals surface area contributed by atoms with Crippen molar-refractivity contribution in [2.75, 3.05) is 6.54 Å². The standard InChI is InChI=1S/C18H32N6O8/c1-9(20)15(28)22-10(4-2-3-7-19)16(29)24-12(8-14(26)27)17(30)23-11(18(31)32)5-6-13(21)25/h9-12H,2-8,19-20H2,1H3,(H2,21,25)(H,22,28)(H,23,30)(H,24,29)(H,26,27)(H,31,32). The Morgan fingerprint density at radius 2 is 1.34 bits per heavy atom. The number of carbonyl (C=O) groups excluding carboxylic acids is 4. The van der Waals surface area contributed by atoms with E-state index >= 15 is 0 Å². The van der Waals surface area contributed by atoms with Crippen LogP contribution in [0.15, 0.2) is 0 Å². The largest absolute Gasteiger partial charge is 0.481 e. The lowest BCUT2D eigenvalue weighted by molar-refractivity contribution is -0.143. The first-order chi connectivity index (χ1) is 14.9. The molecule has 0 saturated heterocycles. The first kappa shape index (κ1) is 28.7. The van der Waals surface area contributed by atoms with Crippen LogP contribution >= 0.6 is 0 Å². The molecule has 0 bridgehead atoms. The van der Waals surface area contributed by atoms with Gasteiger partial charge in [-0.15, -0.1) is 0 Å². The Hall–Kier alpha value is -3.26. The summed E-state index contributed by atoms with van der Waals surface area (Å²) in [6.07, 6.45) is -0.347. The van der Waals surface area contributed by atoms with Gasteiger partial charge in [0.2, 0.25) is 23.6 Å². The van der Waals surface area contributed by atoms with Gasteiger partial charge in [-0.05, 0) is 39.2 Å². The summed E-state index contributed by atoms with van der Waals surface area (Å²) in [6.45, 7) is 1.75. The third-order valence-corrected chi connectivity index (χ3v) is 4.30. The minimum Gasteiger partial charge on any atom is -0.481 e. The number of carboxylic acids is 2. The molecule has 32 heavy (non-hydrogen) atoms. The summed E-state index contributed by atoms with van der Waals surface area (Å²) in [4.78, 5) is 70.5. The van der Waals surface area contributed by atoms with E-state index < -0.39 is 66.2 Å². The minimum absolute atomic E-state index is 0.152. The number of carboxylic acid groups (broad SMARTS) is 2. The van der Waals surface area contributed by atoms with Crippen molar-refractivity contribution in [2.45, 2.75) is 69.6 Å². The zero-order chi connectivity index (χ0) is 24.8. The molecule has 11 N–H and O–H groups in total. The highest BCUT2D eigenvalue weighted by molar-refractivity contribution is 5.95. The summed E-state index contributed by atoms with van der Waals surface area (Å²) in [6, 6.07) is -5.20. The Bertz CT molecular complexity index is 699. The molecule has 14 nitrogen and oxygen atoms in total. The van der Waals surface area contributed by atoms with Gasteiger partial charge in [-0.2, -0.15) is 0 Å². The zero-order valence-corrected chi connectivity index (χ0v) is 17.8. The van der Waals surface area contributed by atoms with E-state index in [0.29, 0.717) is 19.4 Å². The predicted molar refractivity (Wildman–Crippen MR) is 111 cm³/mol. The summed E-state index contributed by atoms with van der Waals surface area (Å²) in [7, 11) is 0. The highest BCUT2D eigenvalue weighted by atomic mass is 16.4. The van der Waals surface area contributed by atoms with Crippen LogP contribution in [0.4, 0.5) is 0 Å². The molecule has 0 saturated carbocycles. The highest BCUT2D eigenvalue weighted by Gasteiger charge is 2.31. The maximum Gasteiger partial charge on any atom is 0.326 e. The van der Waals surface area contributed by atoms with Crippen LogP contribution in [0, 0.1) is 0 Å². The molecule has 0 aliphatic heterocycles. The van der Waals surface area contributed by atoms with E-state index in [4.69, 9.17) is 22.3 Å². The third-order valence-electron chi connectivity index (χ3n) is 4.30. The number of nitrogens with one attached hydrogen (secondary N) is 3. The molecule has 4 atom stereocenters. The van der Waals surface area contributed by atoms with Crippen LogP contribution in [0.2, 0.25) is 0 Å². The molecule has 0 aromatic rings. The summed E-state index contributed by atoms with van der Waals surface area (Å²) < 4.78 is 0. The normalized spacial score (nSPS) is 14.3. The van der Waals surface area contributed by atoms with E-state index in [-0.39, 0.29) is 19.3 Å². The van der Waals surface area contributed by atoms with Crippen LogP contribution in [0.25, 0.3) is 0 Å². The monoisotopic (exact) mass is 460 g/mol. The zero-order valence-electron chi connectivity index (χ0n) is 17.8. The first-order valence-corrected chi connectivity index (χ1v) is 9.98. The van der Waals surface area contributed by atoms with Crippen LogP contribution in [-0.4, -0.2) is 76.5 Å². The molecule has 0 aromatic heterocycles. The second-order valence-electron chi connectivity index (χ2n) is 7.20. The molecule has 0 radical (unpaired) electrons. The van der Waals surface area contributed by atoms with Crippen LogP contribution in [0.5, 0.6) is 0 Å². The number of carbonyl (C=O) groups is 6. The van der Waals surface area contributed by atoms with Crippen molar-refractivity contribution in [1.82, 2.24) is 16.0 Å². The number of rotatable bonds is 16. The number of aliphatic carboxylic acids is 2. The molecule has 0 rings (SSSR count). The van der Waals surface area contributed by atoms with Crippen molar-refractivity contribution in [2.24, 2.45) is 17.2 Å². The predicted octanol–water partition coefficient (Wildman–Crippen LogP) is -3.26. The number of amides is 4. The lowest BCUT2D eigenvalue weighted by Crippen LogP contribution is -2.57. The van der Waals surface area contributed by atoms with Gasteiger partial charge in [0.25, 0.3) is 0 Å². The smallest absolute Gasteiger partial charge is 0.326 e. The molecule has 0 aromatic carbocycles. The van der Waals surface area contributed by atoms with Crippen LogP contribution in [-0.2, 0) is 28.8 Å². The molecule has 14 heteroatoms. The van der Waals surface area contributed by atoms with E-state index in [1.807, 2.05) is 0 Å². The Morgan fingerprint density at radius 3 is 1.81 bits per heavy atom. The number of nitrogens with two attached hydrogens (primary N) is 3. The SMILES string of the molecule is CC(N)C(=O)NC(CCCCN)C(=O)NC(CC(=O)O)C(=O)NC(CCC(N)=O)C(=O)O. The van der Waals surface area contributed by atoms with Gasteiger partial charge in [0, 0.05) is 6.42 Å². The fourth-order valence-electron chi connectivity index (χ4n) is 2.54. The van der Waals surface area contributed by atoms with Gasteiger partial charge < -0.3 is 43.4 Å². The van der Waals surface area contributed by atoms with E-state index in [9.17, 15) is 33.9 Å². The second-order valence-corrected chi connectivity index (χ2v) is 7.20. The van der Waals surface area contributed by atoms with E-state index in [1.165, 1.54) is 6.92 Å². The van der Waals surface area contributed by atoms with Crippen molar-refractivity contribution in [3.63, 3.8) is 0 Å². The summed E-state index contributed by atoms with van der Waals surface area (Å²) in [5, 5.41) is 25.0. The van der Waals surface area contributed by atoms with Crippen molar-refractivity contribution in [3.05, 3.63) is 0 Å². The maximum atomic E-state index is 12.7. The van der Waals surface area contributed by atoms with Gasteiger partial charge >= 0.3 is 11.9 Å². The number of hydrogen-bond acceptors (Lipinski definition) is 8. The average molecular weight is 460 g/mol. The fraction of sp³-hybridized carbons (Fsp3) is 0.667. The van der Waals surface area contributed by atoms with Crippen molar-refractivity contribution in [1.29, 1.82) is 0 Å². The second kappa shape index (κ2) is 14.7. The van der Waals surface area contributed by atoms with E-state index in [1.54, 1.807) is 0 Å². The Morgan fingerprint density at radius 1 is 0.812 bits per heavy atom. The Labute approximate surface area is 184 Å². The number of primary amides is 1. The molecule has 0 fully saturated rings. The van der Waals surface area contributed by atoms with Gasteiger partial charge in [0.05, 0.1) is 12.5 Å². The lowest BCUT2D eigenvalue weighted by atomic mass is 10.1. The topological polar surface area (TPSA) is 257 Å². The van der Waals surface area contributed by atoms with Crippen molar-refractivity contribution < 1.29 is 39.0 Å². The van der Waals surface area contributed by atoms with Gasteiger partial charge in [0.15, 0.2) is 0 Å². The molecule has 4 unspecified atom stereocenters. The van der Waals surface area contributed by atoms with Crippen LogP contribution < -0.4 is 33.2 Å². The number of hydrogen-bond donors (Lipinski definition) is 8. The number of unbranched alkanes of at least 4 members (excludes halogenated alkanes) is 1. The minimum atomic E-state index is -1.64. The van der Waals surface area contributed by atoms with Gasteiger partial charge in [0.1, 0.15) is 18.1 Å². The van der Waals surface area contributed by atoms with Gasteiger partial charge in [-0.1, -0.05) is 0 Å².